The van der Waals surface area contributed by atoms with Crippen LogP contribution in [0.2, 0.25) is 0 Å². The van der Waals surface area contributed by atoms with Crippen molar-refractivity contribution < 1.29 is 16.8 Å². The summed E-state index contributed by atoms with van der Waals surface area (Å²) in [4.78, 5) is 0.395. The topological polar surface area (TPSA) is 92.3 Å². The summed E-state index contributed by atoms with van der Waals surface area (Å²) in [6, 6.07) is 32.3. The number of sulfonamides is 2. The third-order valence-corrected chi connectivity index (χ3v) is 8.81. The zero-order valence-electron chi connectivity index (χ0n) is 19.7. The molecule has 0 bridgehead atoms. The second-order valence-corrected chi connectivity index (χ2v) is 11.8. The molecule has 0 aliphatic carbocycles. The van der Waals surface area contributed by atoms with Crippen molar-refractivity contribution in [2.75, 3.05) is 0 Å². The lowest BCUT2D eigenvalue weighted by Crippen LogP contribution is -2.25. The van der Waals surface area contributed by atoms with E-state index in [1.165, 1.54) is 0 Å². The zero-order valence-corrected chi connectivity index (χ0v) is 21.3. The standard InChI is InChI=1S/C28H28N2O4S2/c31-35(32,29-21-23-11-3-1-4-12-23)27-17-9-7-15-25(27)19-20-26-16-8-10-18-28(26)36(33,34)30-22-24-13-5-2-6-14-24/h1-18,29-30H,19-22H2. The summed E-state index contributed by atoms with van der Waals surface area (Å²) in [6.07, 6.45) is 0.737. The molecular formula is C28H28N2O4S2. The predicted molar refractivity (Wildman–Crippen MR) is 141 cm³/mol. The Morgan fingerprint density at radius 1 is 0.444 bits per heavy atom. The highest BCUT2D eigenvalue weighted by Gasteiger charge is 2.20. The molecule has 0 aliphatic rings. The van der Waals surface area contributed by atoms with Crippen molar-refractivity contribution in [3.63, 3.8) is 0 Å². The molecule has 0 saturated carbocycles. The first kappa shape index (κ1) is 25.8. The quantitative estimate of drug-likeness (QED) is 0.306. The maximum atomic E-state index is 13.1. The van der Waals surface area contributed by atoms with Crippen molar-refractivity contribution in [1.82, 2.24) is 9.44 Å². The predicted octanol–water partition coefficient (Wildman–Crippen LogP) is 4.43. The minimum atomic E-state index is -3.75. The molecule has 0 amide bonds. The Hall–Kier alpha value is -3.30. The molecule has 0 saturated heterocycles. The number of nitrogens with one attached hydrogen (secondary N) is 2. The summed E-state index contributed by atoms with van der Waals surface area (Å²) in [5, 5.41) is 0. The molecule has 0 heterocycles. The van der Waals surface area contributed by atoms with Crippen LogP contribution in [0.1, 0.15) is 22.3 Å². The van der Waals surface area contributed by atoms with Gasteiger partial charge in [0.2, 0.25) is 20.0 Å². The summed E-state index contributed by atoms with van der Waals surface area (Å²) >= 11 is 0. The molecule has 2 N–H and O–H groups in total. The van der Waals surface area contributed by atoms with E-state index >= 15 is 0 Å². The van der Waals surface area contributed by atoms with Crippen LogP contribution in [0, 0.1) is 0 Å². The van der Waals surface area contributed by atoms with Crippen LogP contribution < -0.4 is 9.44 Å². The van der Waals surface area contributed by atoms with Gasteiger partial charge in [0.05, 0.1) is 9.79 Å². The molecule has 0 aromatic heterocycles. The molecule has 0 aliphatic heterocycles. The zero-order chi connectivity index (χ0) is 25.4. The largest absolute Gasteiger partial charge is 0.241 e. The van der Waals surface area contributed by atoms with Gasteiger partial charge in [-0.25, -0.2) is 26.3 Å². The average molecular weight is 521 g/mol. The summed E-state index contributed by atoms with van der Waals surface area (Å²) in [5.41, 5.74) is 2.98. The first-order chi connectivity index (χ1) is 17.4. The second kappa shape index (κ2) is 11.6. The van der Waals surface area contributed by atoms with Gasteiger partial charge in [0.15, 0.2) is 0 Å². The van der Waals surface area contributed by atoms with E-state index in [-0.39, 0.29) is 22.9 Å². The Bertz CT molecular complexity index is 1390. The molecule has 0 radical (unpaired) electrons. The van der Waals surface area contributed by atoms with Crippen LogP contribution >= 0.6 is 0 Å². The maximum absolute atomic E-state index is 13.1. The van der Waals surface area contributed by atoms with Crippen LogP contribution in [-0.2, 0) is 46.0 Å². The molecule has 4 aromatic carbocycles. The Kier molecular flexibility index (Phi) is 8.32. The minimum Gasteiger partial charge on any atom is -0.207 e. The van der Waals surface area contributed by atoms with Gasteiger partial charge in [-0.1, -0.05) is 97.1 Å². The Morgan fingerprint density at radius 2 is 0.778 bits per heavy atom. The number of hydrogen-bond donors (Lipinski definition) is 2. The van der Waals surface area contributed by atoms with Crippen LogP contribution in [0.3, 0.4) is 0 Å². The third kappa shape index (κ3) is 6.67. The lowest BCUT2D eigenvalue weighted by molar-refractivity contribution is 0.577. The first-order valence-corrected chi connectivity index (χ1v) is 14.5. The van der Waals surface area contributed by atoms with Gasteiger partial charge in [-0.3, -0.25) is 0 Å². The second-order valence-electron chi connectivity index (χ2n) is 8.34. The van der Waals surface area contributed by atoms with Crippen molar-refractivity contribution in [3.8, 4) is 0 Å². The van der Waals surface area contributed by atoms with Gasteiger partial charge >= 0.3 is 0 Å². The fourth-order valence-electron chi connectivity index (χ4n) is 3.92. The fraction of sp³-hybridized carbons (Fsp3) is 0.143. The van der Waals surface area contributed by atoms with Crippen LogP contribution in [0.5, 0.6) is 0 Å². The van der Waals surface area contributed by atoms with Crippen molar-refractivity contribution >= 4 is 20.0 Å². The highest BCUT2D eigenvalue weighted by molar-refractivity contribution is 7.89. The molecule has 4 rings (SSSR count). The van der Waals surface area contributed by atoms with E-state index in [2.05, 4.69) is 9.44 Å². The summed E-state index contributed by atoms with van der Waals surface area (Å²) < 4.78 is 57.6. The van der Waals surface area contributed by atoms with E-state index in [1.807, 2.05) is 60.7 Å². The number of benzene rings is 4. The molecule has 0 atom stereocenters. The number of rotatable bonds is 11. The first-order valence-electron chi connectivity index (χ1n) is 11.6. The van der Waals surface area contributed by atoms with E-state index in [9.17, 15) is 16.8 Å². The molecule has 8 heteroatoms. The van der Waals surface area contributed by atoms with Gasteiger partial charge in [-0.05, 0) is 47.2 Å². The van der Waals surface area contributed by atoms with Gasteiger partial charge in [0.1, 0.15) is 0 Å². The van der Waals surface area contributed by atoms with E-state index in [0.29, 0.717) is 24.0 Å². The van der Waals surface area contributed by atoms with Gasteiger partial charge in [0, 0.05) is 13.1 Å². The highest BCUT2D eigenvalue weighted by Crippen LogP contribution is 2.22. The molecule has 6 nitrogen and oxygen atoms in total. The Labute approximate surface area is 213 Å². The Balaban J connectivity index is 1.50. The fourth-order valence-corrected chi connectivity index (χ4v) is 6.49. The SMILES string of the molecule is O=S(=O)(NCc1ccccc1)c1ccccc1CCc1ccccc1S(=O)(=O)NCc1ccccc1. The van der Waals surface area contributed by atoms with Crippen molar-refractivity contribution in [1.29, 1.82) is 0 Å². The normalized spacial score (nSPS) is 11.9. The van der Waals surface area contributed by atoms with Crippen LogP contribution in [0.4, 0.5) is 0 Å². The Morgan fingerprint density at radius 3 is 1.17 bits per heavy atom. The summed E-state index contributed by atoms with van der Waals surface area (Å²) in [6.45, 7) is 0.372. The molecule has 0 fully saturated rings. The van der Waals surface area contributed by atoms with Crippen LogP contribution in [-0.4, -0.2) is 16.8 Å². The van der Waals surface area contributed by atoms with E-state index in [1.54, 1.807) is 48.5 Å². The van der Waals surface area contributed by atoms with E-state index < -0.39 is 20.0 Å². The summed E-state index contributed by atoms with van der Waals surface area (Å²) in [5.74, 6) is 0. The summed E-state index contributed by atoms with van der Waals surface area (Å²) in [7, 11) is -7.50. The van der Waals surface area contributed by atoms with Gasteiger partial charge in [0.25, 0.3) is 0 Å². The lowest BCUT2D eigenvalue weighted by Gasteiger charge is -2.14. The van der Waals surface area contributed by atoms with Gasteiger partial charge in [-0.2, -0.15) is 0 Å². The number of aryl methyl sites for hydroxylation is 2. The van der Waals surface area contributed by atoms with Gasteiger partial charge < -0.3 is 0 Å². The third-order valence-electron chi connectivity index (χ3n) is 5.81. The molecule has 186 valence electrons. The van der Waals surface area contributed by atoms with E-state index in [4.69, 9.17) is 0 Å². The van der Waals surface area contributed by atoms with Crippen molar-refractivity contribution in [2.45, 2.75) is 35.7 Å². The lowest BCUT2D eigenvalue weighted by atomic mass is 10.0. The highest BCUT2D eigenvalue weighted by atomic mass is 32.2. The van der Waals surface area contributed by atoms with Crippen LogP contribution in [0.15, 0.2) is 119 Å². The molecule has 36 heavy (non-hydrogen) atoms. The molecule has 0 spiro atoms. The monoisotopic (exact) mass is 520 g/mol. The molecule has 4 aromatic rings. The van der Waals surface area contributed by atoms with Crippen molar-refractivity contribution in [2.24, 2.45) is 0 Å². The van der Waals surface area contributed by atoms with Crippen molar-refractivity contribution in [3.05, 3.63) is 131 Å². The maximum Gasteiger partial charge on any atom is 0.241 e. The average Bonchev–Trinajstić information content (AvgIpc) is 2.91. The van der Waals surface area contributed by atoms with Gasteiger partial charge in [-0.15, -0.1) is 0 Å². The number of hydrogen-bond acceptors (Lipinski definition) is 4. The molecular weight excluding hydrogens is 492 g/mol. The van der Waals surface area contributed by atoms with E-state index in [0.717, 1.165) is 11.1 Å². The van der Waals surface area contributed by atoms with Crippen LogP contribution in [0.25, 0.3) is 0 Å². The molecule has 0 unspecified atom stereocenters. The smallest absolute Gasteiger partial charge is 0.207 e. The minimum absolute atomic E-state index is 0.186.